The lowest BCUT2D eigenvalue weighted by Gasteiger charge is -2.26. The molecule has 2 aliphatic rings. The molecule has 0 aliphatic carbocycles. The highest BCUT2D eigenvalue weighted by Gasteiger charge is 2.45. The van der Waals surface area contributed by atoms with E-state index < -0.39 is 0 Å². The minimum Gasteiger partial charge on any atom is -0.339 e. The molecule has 150 valence electrons. The second-order valence-electron chi connectivity index (χ2n) is 7.73. The lowest BCUT2D eigenvalue weighted by atomic mass is 10.1. The third-order valence-electron chi connectivity index (χ3n) is 5.48. The Morgan fingerprint density at radius 3 is 1.35 bits per heavy atom. The van der Waals surface area contributed by atoms with E-state index in [-0.39, 0.29) is 12.3 Å². The van der Waals surface area contributed by atoms with Crippen molar-refractivity contribution in [2.75, 3.05) is 0 Å². The Labute approximate surface area is 171 Å². The minimum absolute atomic E-state index is 0.239. The molecule has 2 N–H and O–H groups in total. The molecule has 2 rings (SSSR count). The second-order valence-corrected chi connectivity index (χ2v) is 8.51. The molecule has 26 heavy (non-hydrogen) atoms. The Balaban J connectivity index is 1.71. The molecular weight excluding hydrogens is 360 g/mol. The monoisotopic (exact) mass is 398 g/mol. The van der Waals surface area contributed by atoms with Crippen molar-refractivity contribution in [1.29, 1.82) is 0 Å². The van der Waals surface area contributed by atoms with E-state index in [1.807, 2.05) is 0 Å². The number of fused-ring (bicyclic) bond motifs is 1. The van der Waals surface area contributed by atoms with Crippen LogP contribution in [0.2, 0.25) is 0 Å². The van der Waals surface area contributed by atoms with Gasteiger partial charge in [-0.15, -0.1) is 0 Å². The van der Waals surface area contributed by atoms with Crippen LogP contribution in [-0.2, 0) is 0 Å². The standard InChI is InChI=1S/C20H38N4S2/c1-3-5-7-9-11-13-15-17-21-19(25)24-18(22-20(26)23(17)24)16-14-12-10-8-6-4-2/h17-18H,3-16H2,1-2H3,(H,21,25)(H,22,26). The molecular formula is C20H38N4S2. The topological polar surface area (TPSA) is 30.5 Å². The first-order chi connectivity index (χ1) is 12.7. The van der Waals surface area contributed by atoms with E-state index in [0.29, 0.717) is 0 Å². The zero-order valence-electron chi connectivity index (χ0n) is 16.8. The van der Waals surface area contributed by atoms with Gasteiger partial charge in [-0.1, -0.05) is 78.1 Å². The Bertz CT molecular complexity index is 404. The lowest BCUT2D eigenvalue weighted by Crippen LogP contribution is -2.41. The normalized spacial score (nSPS) is 21.9. The van der Waals surface area contributed by atoms with Crippen molar-refractivity contribution in [1.82, 2.24) is 20.7 Å². The highest BCUT2D eigenvalue weighted by atomic mass is 32.1. The van der Waals surface area contributed by atoms with Crippen LogP contribution in [0, 0.1) is 0 Å². The summed E-state index contributed by atoms with van der Waals surface area (Å²) in [6, 6.07) is 0. The molecule has 2 saturated heterocycles. The molecule has 0 spiro atoms. The number of thiocarbonyl (C=S) groups is 2. The average Bonchev–Trinajstić information content (AvgIpc) is 3.13. The molecule has 2 heterocycles. The van der Waals surface area contributed by atoms with Gasteiger partial charge in [0.05, 0.1) is 0 Å². The summed E-state index contributed by atoms with van der Waals surface area (Å²) in [5.41, 5.74) is 0. The van der Waals surface area contributed by atoms with E-state index in [0.717, 1.165) is 23.1 Å². The molecule has 2 unspecified atom stereocenters. The summed E-state index contributed by atoms with van der Waals surface area (Å²) in [4.78, 5) is 0. The minimum atomic E-state index is 0.239. The fourth-order valence-corrected chi connectivity index (χ4v) is 4.65. The lowest BCUT2D eigenvalue weighted by molar-refractivity contribution is 0.103. The summed E-state index contributed by atoms with van der Waals surface area (Å²) in [7, 11) is 0. The van der Waals surface area contributed by atoms with Crippen LogP contribution in [-0.4, -0.2) is 32.6 Å². The summed E-state index contributed by atoms with van der Waals surface area (Å²) >= 11 is 11.2. The van der Waals surface area contributed by atoms with Crippen LogP contribution in [0.3, 0.4) is 0 Å². The maximum absolute atomic E-state index is 5.61. The number of nitrogens with zero attached hydrogens (tertiary/aromatic N) is 2. The quantitative estimate of drug-likeness (QED) is 0.299. The predicted molar refractivity (Wildman–Crippen MR) is 119 cm³/mol. The number of rotatable bonds is 14. The molecule has 0 radical (unpaired) electrons. The number of hydrogen-bond donors (Lipinski definition) is 2. The maximum Gasteiger partial charge on any atom is 0.191 e. The van der Waals surface area contributed by atoms with Crippen LogP contribution in [0.1, 0.15) is 104 Å². The Morgan fingerprint density at radius 2 is 0.962 bits per heavy atom. The van der Waals surface area contributed by atoms with Gasteiger partial charge in [0, 0.05) is 0 Å². The van der Waals surface area contributed by atoms with Crippen molar-refractivity contribution >= 4 is 34.7 Å². The van der Waals surface area contributed by atoms with Gasteiger partial charge in [-0.2, -0.15) is 0 Å². The molecule has 2 atom stereocenters. The van der Waals surface area contributed by atoms with E-state index in [9.17, 15) is 0 Å². The molecule has 2 aliphatic heterocycles. The van der Waals surface area contributed by atoms with Crippen LogP contribution < -0.4 is 10.6 Å². The number of hydrogen-bond acceptors (Lipinski definition) is 2. The van der Waals surface area contributed by atoms with Crippen molar-refractivity contribution in [3.05, 3.63) is 0 Å². The zero-order valence-corrected chi connectivity index (χ0v) is 18.4. The molecule has 4 nitrogen and oxygen atoms in total. The van der Waals surface area contributed by atoms with Crippen molar-refractivity contribution in [2.45, 2.75) is 116 Å². The highest BCUT2D eigenvalue weighted by molar-refractivity contribution is 7.80. The van der Waals surface area contributed by atoms with Gasteiger partial charge in [-0.25, -0.2) is 10.0 Å². The van der Waals surface area contributed by atoms with Crippen molar-refractivity contribution in [2.24, 2.45) is 0 Å². The summed E-state index contributed by atoms with van der Waals surface area (Å²) < 4.78 is 0. The van der Waals surface area contributed by atoms with E-state index >= 15 is 0 Å². The van der Waals surface area contributed by atoms with Crippen LogP contribution in [0.15, 0.2) is 0 Å². The Hall–Kier alpha value is -0.620. The molecule has 0 amide bonds. The smallest absolute Gasteiger partial charge is 0.191 e. The van der Waals surface area contributed by atoms with Crippen LogP contribution in [0.25, 0.3) is 0 Å². The third kappa shape index (κ3) is 6.22. The number of unbranched alkanes of at least 4 members (excludes halogenated alkanes) is 10. The first-order valence-electron chi connectivity index (χ1n) is 10.9. The van der Waals surface area contributed by atoms with Gasteiger partial charge in [-0.3, -0.25) is 0 Å². The molecule has 2 fully saturated rings. The third-order valence-corrected chi connectivity index (χ3v) is 6.09. The Morgan fingerprint density at radius 1 is 0.615 bits per heavy atom. The first kappa shape index (κ1) is 21.7. The van der Waals surface area contributed by atoms with Crippen molar-refractivity contribution in [3.63, 3.8) is 0 Å². The SMILES string of the molecule is CCCCCCCCC1NC(=S)N2C(CCCCCCCC)NC(=S)N12. The van der Waals surface area contributed by atoms with E-state index in [1.54, 1.807) is 0 Å². The zero-order chi connectivity index (χ0) is 18.8. The summed E-state index contributed by atoms with van der Waals surface area (Å²) in [5.74, 6) is 0. The summed E-state index contributed by atoms with van der Waals surface area (Å²) in [6.07, 6.45) is 18.5. The Kier molecular flexibility index (Phi) is 9.97. The summed E-state index contributed by atoms with van der Waals surface area (Å²) in [5, 5.41) is 13.1. The highest BCUT2D eigenvalue weighted by Crippen LogP contribution is 2.27. The molecule has 0 aromatic carbocycles. The van der Waals surface area contributed by atoms with E-state index in [4.69, 9.17) is 24.4 Å². The van der Waals surface area contributed by atoms with Crippen LogP contribution in [0.5, 0.6) is 0 Å². The molecule has 0 aromatic rings. The summed E-state index contributed by atoms with van der Waals surface area (Å²) in [6.45, 7) is 4.53. The molecule has 6 heteroatoms. The van der Waals surface area contributed by atoms with Crippen LogP contribution >= 0.6 is 24.4 Å². The fourth-order valence-electron chi connectivity index (χ4n) is 3.94. The second kappa shape index (κ2) is 12.0. The van der Waals surface area contributed by atoms with Gasteiger partial charge >= 0.3 is 0 Å². The number of nitrogens with one attached hydrogen (secondary N) is 2. The largest absolute Gasteiger partial charge is 0.339 e. The van der Waals surface area contributed by atoms with Crippen molar-refractivity contribution in [3.8, 4) is 0 Å². The van der Waals surface area contributed by atoms with Gasteiger partial charge in [0.2, 0.25) is 0 Å². The van der Waals surface area contributed by atoms with Gasteiger partial charge < -0.3 is 10.6 Å². The average molecular weight is 399 g/mol. The molecule has 0 bridgehead atoms. The number of hydrazine groups is 1. The molecule has 0 saturated carbocycles. The van der Waals surface area contributed by atoms with Gasteiger partial charge in [-0.05, 0) is 50.1 Å². The van der Waals surface area contributed by atoms with Gasteiger partial charge in [0.15, 0.2) is 10.2 Å². The van der Waals surface area contributed by atoms with Crippen LogP contribution in [0.4, 0.5) is 0 Å². The van der Waals surface area contributed by atoms with Crippen molar-refractivity contribution < 1.29 is 0 Å². The predicted octanol–water partition coefficient (Wildman–Crippen LogP) is 5.44. The van der Waals surface area contributed by atoms with E-state index in [2.05, 4.69) is 34.5 Å². The van der Waals surface area contributed by atoms with Gasteiger partial charge in [0.25, 0.3) is 0 Å². The maximum atomic E-state index is 5.61. The molecule has 0 aromatic heterocycles. The van der Waals surface area contributed by atoms with Gasteiger partial charge in [0.1, 0.15) is 12.3 Å². The fraction of sp³-hybridized carbons (Fsp3) is 0.900. The van der Waals surface area contributed by atoms with E-state index in [1.165, 1.54) is 77.0 Å². The first-order valence-corrected chi connectivity index (χ1v) is 11.7.